The van der Waals surface area contributed by atoms with E-state index in [9.17, 15) is 4.39 Å². The highest BCUT2D eigenvalue weighted by atomic mass is 19.1. The highest BCUT2D eigenvalue weighted by molar-refractivity contribution is 5.66. The van der Waals surface area contributed by atoms with Gasteiger partial charge in [0.15, 0.2) is 0 Å². The Morgan fingerprint density at radius 1 is 1.10 bits per heavy atom. The number of rotatable bonds is 7. The Kier molecular flexibility index (Phi) is 5.50. The first-order chi connectivity index (χ1) is 14.4. The first-order valence-corrected chi connectivity index (χ1v) is 9.81. The van der Waals surface area contributed by atoms with E-state index >= 15 is 0 Å². The summed E-state index contributed by atoms with van der Waals surface area (Å²) < 4.78 is 18.8. The van der Waals surface area contributed by atoms with Gasteiger partial charge in [0.25, 0.3) is 0 Å². The molecule has 0 saturated carbocycles. The molecule has 0 spiro atoms. The van der Waals surface area contributed by atoms with Gasteiger partial charge < -0.3 is 20.3 Å². The molecule has 8 heteroatoms. The molecule has 2 N–H and O–H groups in total. The van der Waals surface area contributed by atoms with Crippen LogP contribution in [0.15, 0.2) is 55.0 Å². The zero-order valence-corrected chi connectivity index (χ0v) is 17.3. The molecule has 1 saturated heterocycles. The SMILES string of the molecule is COC1(C)CN(c2cc(Nc3cnccn3)nc(N[C@@H](C)c3ccc(F)cc3)c2)C1. The van der Waals surface area contributed by atoms with E-state index in [1.165, 1.54) is 12.1 Å². The number of aromatic nitrogens is 3. The van der Waals surface area contributed by atoms with Gasteiger partial charge in [-0.05, 0) is 31.5 Å². The number of pyridine rings is 1. The van der Waals surface area contributed by atoms with Crippen molar-refractivity contribution in [2.45, 2.75) is 25.5 Å². The van der Waals surface area contributed by atoms with Crippen LogP contribution in [-0.4, -0.2) is 40.8 Å². The van der Waals surface area contributed by atoms with Gasteiger partial charge in [-0.2, -0.15) is 0 Å². The summed E-state index contributed by atoms with van der Waals surface area (Å²) in [5.74, 6) is 1.74. The van der Waals surface area contributed by atoms with Gasteiger partial charge in [-0.25, -0.2) is 14.4 Å². The Labute approximate surface area is 175 Å². The lowest BCUT2D eigenvalue weighted by Crippen LogP contribution is -2.61. The number of nitrogens with one attached hydrogen (secondary N) is 2. The number of hydrogen-bond donors (Lipinski definition) is 2. The maximum absolute atomic E-state index is 13.2. The predicted molar refractivity (Wildman–Crippen MR) is 116 cm³/mol. The van der Waals surface area contributed by atoms with E-state index in [1.54, 1.807) is 37.8 Å². The van der Waals surface area contributed by atoms with Crippen LogP contribution in [0.4, 0.5) is 27.5 Å². The van der Waals surface area contributed by atoms with Crippen LogP contribution in [0, 0.1) is 5.82 Å². The standard InChI is InChI=1S/C22H25FN6O/c1-15(16-4-6-17(23)7-5-16)26-19-10-18(29-13-22(2,14-29)30-3)11-20(27-19)28-21-12-24-8-9-25-21/h4-12,15H,13-14H2,1-3H3,(H2,25,26,27,28)/t15-/m0/s1. The second-order valence-corrected chi connectivity index (χ2v) is 7.74. The zero-order chi connectivity index (χ0) is 21.1. The number of methoxy groups -OCH3 is 1. The summed E-state index contributed by atoms with van der Waals surface area (Å²) in [7, 11) is 1.74. The summed E-state index contributed by atoms with van der Waals surface area (Å²) in [4.78, 5) is 15.3. The van der Waals surface area contributed by atoms with Crippen molar-refractivity contribution in [2.75, 3.05) is 35.7 Å². The first kappa shape index (κ1) is 20.0. The van der Waals surface area contributed by atoms with Gasteiger partial charge in [0.1, 0.15) is 23.3 Å². The molecule has 0 unspecified atom stereocenters. The Bertz CT molecular complexity index is 992. The molecular weight excluding hydrogens is 383 g/mol. The topological polar surface area (TPSA) is 75.2 Å². The number of benzene rings is 1. The minimum Gasteiger partial charge on any atom is -0.375 e. The highest BCUT2D eigenvalue weighted by Gasteiger charge is 2.39. The average molecular weight is 408 g/mol. The lowest BCUT2D eigenvalue weighted by molar-refractivity contribution is -0.0167. The molecule has 0 bridgehead atoms. The van der Waals surface area contributed by atoms with Crippen LogP contribution in [0.3, 0.4) is 0 Å². The number of halogens is 1. The van der Waals surface area contributed by atoms with Crippen LogP contribution < -0.4 is 15.5 Å². The molecule has 30 heavy (non-hydrogen) atoms. The fourth-order valence-electron chi connectivity index (χ4n) is 3.46. The Morgan fingerprint density at radius 3 is 2.50 bits per heavy atom. The third-order valence-electron chi connectivity index (χ3n) is 5.27. The molecule has 1 atom stereocenters. The van der Waals surface area contributed by atoms with Crippen molar-refractivity contribution in [1.29, 1.82) is 0 Å². The molecule has 0 aliphatic carbocycles. The summed E-state index contributed by atoms with van der Waals surface area (Å²) in [6.45, 7) is 5.71. The van der Waals surface area contributed by atoms with Gasteiger partial charge in [-0.15, -0.1) is 0 Å². The van der Waals surface area contributed by atoms with Crippen LogP contribution in [-0.2, 0) is 4.74 Å². The van der Waals surface area contributed by atoms with Crippen LogP contribution in [0.1, 0.15) is 25.5 Å². The van der Waals surface area contributed by atoms with E-state index in [2.05, 4.69) is 37.4 Å². The van der Waals surface area contributed by atoms with Crippen molar-refractivity contribution < 1.29 is 9.13 Å². The summed E-state index contributed by atoms with van der Waals surface area (Å²) in [6, 6.07) is 10.4. The first-order valence-electron chi connectivity index (χ1n) is 9.81. The van der Waals surface area contributed by atoms with Crippen LogP contribution in [0.5, 0.6) is 0 Å². The Hall–Kier alpha value is -3.26. The molecule has 156 valence electrons. The third kappa shape index (κ3) is 4.49. The van der Waals surface area contributed by atoms with Gasteiger partial charge >= 0.3 is 0 Å². The van der Waals surface area contributed by atoms with Crippen LogP contribution in [0.2, 0.25) is 0 Å². The van der Waals surface area contributed by atoms with Gasteiger partial charge in [-0.1, -0.05) is 12.1 Å². The maximum Gasteiger partial charge on any atom is 0.150 e. The predicted octanol–water partition coefficient (Wildman–Crippen LogP) is 4.15. The van der Waals surface area contributed by atoms with E-state index in [4.69, 9.17) is 4.74 Å². The molecule has 1 aromatic carbocycles. The van der Waals surface area contributed by atoms with E-state index in [0.29, 0.717) is 17.5 Å². The molecule has 0 radical (unpaired) electrons. The number of nitrogens with zero attached hydrogens (tertiary/aromatic N) is 4. The molecule has 1 aliphatic rings. The molecule has 3 heterocycles. The molecular formula is C22H25FN6O. The average Bonchev–Trinajstić information content (AvgIpc) is 2.72. The fraction of sp³-hybridized carbons (Fsp3) is 0.318. The molecule has 2 aromatic heterocycles. The minimum absolute atomic E-state index is 0.0432. The van der Waals surface area contributed by atoms with Crippen molar-refractivity contribution in [1.82, 2.24) is 15.0 Å². The lowest BCUT2D eigenvalue weighted by atomic mass is 9.96. The third-order valence-corrected chi connectivity index (χ3v) is 5.27. The van der Waals surface area contributed by atoms with E-state index in [0.717, 1.165) is 24.3 Å². The normalized spacial score (nSPS) is 15.9. The van der Waals surface area contributed by atoms with Crippen molar-refractivity contribution >= 4 is 23.1 Å². The maximum atomic E-state index is 13.2. The molecule has 1 aliphatic heterocycles. The van der Waals surface area contributed by atoms with Crippen molar-refractivity contribution in [2.24, 2.45) is 0 Å². The Balaban J connectivity index is 1.59. The highest BCUT2D eigenvalue weighted by Crippen LogP contribution is 2.33. The summed E-state index contributed by atoms with van der Waals surface area (Å²) in [5, 5.41) is 6.63. The van der Waals surface area contributed by atoms with E-state index < -0.39 is 0 Å². The Morgan fingerprint density at radius 2 is 1.83 bits per heavy atom. The van der Waals surface area contributed by atoms with Crippen LogP contribution in [0.25, 0.3) is 0 Å². The zero-order valence-electron chi connectivity index (χ0n) is 17.3. The van der Waals surface area contributed by atoms with Crippen molar-refractivity contribution in [3.63, 3.8) is 0 Å². The summed E-state index contributed by atoms with van der Waals surface area (Å²) >= 11 is 0. The fourth-order valence-corrected chi connectivity index (χ4v) is 3.46. The second-order valence-electron chi connectivity index (χ2n) is 7.74. The largest absolute Gasteiger partial charge is 0.375 e. The number of hydrogen-bond acceptors (Lipinski definition) is 7. The quantitative estimate of drug-likeness (QED) is 0.608. The van der Waals surface area contributed by atoms with Gasteiger partial charge in [0.05, 0.1) is 11.8 Å². The lowest BCUT2D eigenvalue weighted by Gasteiger charge is -2.48. The van der Waals surface area contributed by atoms with Crippen molar-refractivity contribution in [3.8, 4) is 0 Å². The molecule has 1 fully saturated rings. The number of anilines is 4. The minimum atomic E-state index is -0.250. The molecule has 3 aromatic rings. The van der Waals surface area contributed by atoms with Gasteiger partial charge in [0.2, 0.25) is 0 Å². The van der Waals surface area contributed by atoms with E-state index in [-0.39, 0.29) is 17.5 Å². The molecule has 4 rings (SSSR count). The summed E-state index contributed by atoms with van der Waals surface area (Å²) in [5.41, 5.74) is 1.86. The number of ether oxygens (including phenoxy) is 1. The van der Waals surface area contributed by atoms with Gasteiger partial charge in [-0.3, -0.25) is 4.98 Å². The monoisotopic (exact) mass is 408 g/mol. The summed E-state index contributed by atoms with van der Waals surface area (Å²) in [6.07, 6.45) is 4.90. The van der Waals surface area contributed by atoms with Gasteiger partial charge in [0, 0.05) is 56.5 Å². The molecule has 7 nitrogen and oxygen atoms in total. The second kappa shape index (κ2) is 8.23. The molecule has 0 amide bonds. The van der Waals surface area contributed by atoms with Crippen molar-refractivity contribution in [3.05, 3.63) is 66.4 Å². The van der Waals surface area contributed by atoms with Crippen LogP contribution >= 0.6 is 0 Å². The van der Waals surface area contributed by atoms with E-state index in [1.807, 2.05) is 19.1 Å². The smallest absolute Gasteiger partial charge is 0.150 e.